The SMILES string of the molecule is COc1ccc(C(C)NC(=O)Cc2c(C)nc3ccccc3c2C)cc1OC. The van der Waals surface area contributed by atoms with E-state index in [9.17, 15) is 4.79 Å². The first-order valence-electron chi connectivity index (χ1n) is 9.30. The number of para-hydroxylation sites is 1. The summed E-state index contributed by atoms with van der Waals surface area (Å²) in [5.41, 5.74) is 4.90. The fourth-order valence-electron chi connectivity index (χ4n) is 3.49. The molecule has 0 aliphatic heterocycles. The van der Waals surface area contributed by atoms with Gasteiger partial charge in [-0.15, -0.1) is 0 Å². The molecule has 1 aromatic heterocycles. The average molecular weight is 378 g/mol. The van der Waals surface area contributed by atoms with Crippen LogP contribution in [0.5, 0.6) is 11.5 Å². The zero-order valence-electron chi connectivity index (χ0n) is 17.0. The Kier molecular flexibility index (Phi) is 5.83. The number of methoxy groups -OCH3 is 2. The Balaban J connectivity index is 1.78. The van der Waals surface area contributed by atoms with Crippen LogP contribution in [0.3, 0.4) is 0 Å². The number of carbonyl (C=O) groups excluding carboxylic acids is 1. The Morgan fingerprint density at radius 3 is 2.50 bits per heavy atom. The average Bonchev–Trinajstić information content (AvgIpc) is 2.70. The molecule has 5 heteroatoms. The molecule has 28 heavy (non-hydrogen) atoms. The zero-order chi connectivity index (χ0) is 20.3. The van der Waals surface area contributed by atoms with Crippen LogP contribution in [0.2, 0.25) is 0 Å². The Morgan fingerprint density at radius 2 is 1.79 bits per heavy atom. The number of aryl methyl sites for hydroxylation is 2. The number of nitrogens with zero attached hydrogens (tertiary/aromatic N) is 1. The zero-order valence-corrected chi connectivity index (χ0v) is 17.0. The molecular weight excluding hydrogens is 352 g/mol. The minimum absolute atomic E-state index is 0.0365. The van der Waals surface area contributed by atoms with Gasteiger partial charge < -0.3 is 14.8 Å². The summed E-state index contributed by atoms with van der Waals surface area (Å²) in [6, 6.07) is 13.5. The first-order chi connectivity index (χ1) is 13.4. The number of hydrogen-bond acceptors (Lipinski definition) is 4. The molecular formula is C23H26N2O3. The van der Waals surface area contributed by atoms with Gasteiger partial charge in [-0.3, -0.25) is 9.78 Å². The molecule has 146 valence electrons. The summed E-state index contributed by atoms with van der Waals surface area (Å²) >= 11 is 0. The summed E-state index contributed by atoms with van der Waals surface area (Å²) < 4.78 is 10.6. The third kappa shape index (κ3) is 3.93. The van der Waals surface area contributed by atoms with Gasteiger partial charge in [0.25, 0.3) is 0 Å². The monoisotopic (exact) mass is 378 g/mol. The maximum Gasteiger partial charge on any atom is 0.224 e. The van der Waals surface area contributed by atoms with Crippen molar-refractivity contribution in [3.8, 4) is 11.5 Å². The molecule has 0 aliphatic carbocycles. The van der Waals surface area contributed by atoms with Crippen molar-refractivity contribution in [2.24, 2.45) is 0 Å². The van der Waals surface area contributed by atoms with E-state index in [-0.39, 0.29) is 11.9 Å². The van der Waals surface area contributed by atoms with Gasteiger partial charge in [0.2, 0.25) is 5.91 Å². The maximum absolute atomic E-state index is 12.7. The normalized spacial score (nSPS) is 11.9. The highest BCUT2D eigenvalue weighted by molar-refractivity contribution is 5.86. The van der Waals surface area contributed by atoms with Crippen molar-refractivity contribution >= 4 is 16.8 Å². The number of nitrogens with one attached hydrogen (secondary N) is 1. The van der Waals surface area contributed by atoms with Crippen LogP contribution in [-0.2, 0) is 11.2 Å². The molecule has 0 radical (unpaired) electrons. The Hall–Kier alpha value is -3.08. The molecule has 3 rings (SSSR count). The smallest absolute Gasteiger partial charge is 0.224 e. The molecule has 1 unspecified atom stereocenters. The number of benzene rings is 2. The number of carbonyl (C=O) groups is 1. The fourth-order valence-corrected chi connectivity index (χ4v) is 3.49. The van der Waals surface area contributed by atoms with E-state index in [0.717, 1.165) is 33.3 Å². The second-order valence-corrected chi connectivity index (χ2v) is 6.90. The second-order valence-electron chi connectivity index (χ2n) is 6.90. The van der Waals surface area contributed by atoms with Gasteiger partial charge in [0, 0.05) is 11.1 Å². The molecule has 0 saturated heterocycles. The van der Waals surface area contributed by atoms with Crippen molar-refractivity contribution in [2.75, 3.05) is 14.2 Å². The van der Waals surface area contributed by atoms with Crippen molar-refractivity contribution in [1.29, 1.82) is 0 Å². The minimum atomic E-state index is -0.152. The predicted molar refractivity (Wildman–Crippen MR) is 111 cm³/mol. The van der Waals surface area contributed by atoms with Gasteiger partial charge in [0.15, 0.2) is 11.5 Å². The lowest BCUT2D eigenvalue weighted by Gasteiger charge is -2.18. The van der Waals surface area contributed by atoms with Crippen LogP contribution in [-0.4, -0.2) is 25.1 Å². The fraction of sp³-hybridized carbons (Fsp3) is 0.304. The second kappa shape index (κ2) is 8.30. The molecule has 1 N–H and O–H groups in total. The van der Waals surface area contributed by atoms with Crippen LogP contribution in [0.15, 0.2) is 42.5 Å². The van der Waals surface area contributed by atoms with Crippen LogP contribution >= 0.6 is 0 Å². The van der Waals surface area contributed by atoms with Crippen LogP contribution < -0.4 is 14.8 Å². The molecule has 1 amide bonds. The molecule has 0 spiro atoms. The van der Waals surface area contributed by atoms with Crippen LogP contribution in [0.4, 0.5) is 0 Å². The quantitative estimate of drug-likeness (QED) is 0.695. The molecule has 3 aromatic rings. The molecule has 5 nitrogen and oxygen atoms in total. The van der Waals surface area contributed by atoms with Crippen molar-refractivity contribution < 1.29 is 14.3 Å². The Bertz CT molecular complexity index is 1010. The number of rotatable bonds is 6. The Labute approximate surface area is 165 Å². The summed E-state index contributed by atoms with van der Waals surface area (Å²) in [5.74, 6) is 1.27. The largest absolute Gasteiger partial charge is 0.493 e. The van der Waals surface area contributed by atoms with Gasteiger partial charge in [0.1, 0.15) is 0 Å². The summed E-state index contributed by atoms with van der Waals surface area (Å²) in [4.78, 5) is 17.4. The number of amides is 1. The van der Waals surface area contributed by atoms with E-state index in [4.69, 9.17) is 9.47 Å². The molecule has 0 aliphatic rings. The van der Waals surface area contributed by atoms with E-state index < -0.39 is 0 Å². The first kappa shape index (κ1) is 19.7. The summed E-state index contributed by atoms with van der Waals surface area (Å²) in [6.07, 6.45) is 0.299. The molecule has 0 fully saturated rings. The third-order valence-electron chi connectivity index (χ3n) is 5.11. The van der Waals surface area contributed by atoms with E-state index in [1.165, 1.54) is 0 Å². The van der Waals surface area contributed by atoms with Gasteiger partial charge in [-0.25, -0.2) is 0 Å². The number of fused-ring (bicyclic) bond motifs is 1. The van der Waals surface area contributed by atoms with Crippen LogP contribution in [0.1, 0.15) is 35.3 Å². The summed E-state index contributed by atoms with van der Waals surface area (Å²) in [7, 11) is 3.20. The third-order valence-corrected chi connectivity index (χ3v) is 5.11. The van der Waals surface area contributed by atoms with E-state index >= 15 is 0 Å². The lowest BCUT2D eigenvalue weighted by atomic mass is 9.99. The van der Waals surface area contributed by atoms with E-state index in [2.05, 4.69) is 17.2 Å². The van der Waals surface area contributed by atoms with Crippen molar-refractivity contribution in [3.05, 3.63) is 64.8 Å². The Morgan fingerprint density at radius 1 is 1.07 bits per heavy atom. The summed E-state index contributed by atoms with van der Waals surface area (Å²) in [5, 5.41) is 4.16. The lowest BCUT2D eigenvalue weighted by molar-refractivity contribution is -0.121. The number of hydrogen-bond donors (Lipinski definition) is 1. The number of aromatic nitrogens is 1. The molecule has 2 aromatic carbocycles. The van der Waals surface area contributed by atoms with E-state index in [1.807, 2.05) is 56.3 Å². The highest BCUT2D eigenvalue weighted by Crippen LogP contribution is 2.30. The first-order valence-corrected chi connectivity index (χ1v) is 9.30. The number of ether oxygens (including phenoxy) is 2. The molecule has 1 atom stereocenters. The maximum atomic E-state index is 12.7. The van der Waals surface area contributed by atoms with Gasteiger partial charge in [0.05, 0.1) is 32.2 Å². The standard InChI is InChI=1S/C23H26N2O3/c1-14-18-8-6-7-9-20(18)24-16(3)19(14)13-23(26)25-15(2)17-10-11-21(27-4)22(12-17)28-5/h6-12,15H,13H2,1-5H3,(H,25,26). The summed E-state index contributed by atoms with van der Waals surface area (Å²) in [6.45, 7) is 5.97. The van der Waals surface area contributed by atoms with Crippen LogP contribution in [0.25, 0.3) is 10.9 Å². The van der Waals surface area contributed by atoms with E-state index in [1.54, 1.807) is 14.2 Å². The van der Waals surface area contributed by atoms with Crippen molar-refractivity contribution in [2.45, 2.75) is 33.2 Å². The predicted octanol–water partition coefficient (Wildman–Crippen LogP) is 4.29. The van der Waals surface area contributed by atoms with Gasteiger partial charge in [-0.2, -0.15) is 0 Å². The lowest BCUT2D eigenvalue weighted by Crippen LogP contribution is -2.28. The van der Waals surface area contributed by atoms with Crippen LogP contribution in [0, 0.1) is 13.8 Å². The van der Waals surface area contributed by atoms with E-state index in [0.29, 0.717) is 17.9 Å². The minimum Gasteiger partial charge on any atom is -0.493 e. The highest BCUT2D eigenvalue weighted by atomic mass is 16.5. The molecule has 1 heterocycles. The van der Waals surface area contributed by atoms with Gasteiger partial charge >= 0.3 is 0 Å². The molecule has 0 bridgehead atoms. The highest BCUT2D eigenvalue weighted by Gasteiger charge is 2.16. The molecule has 0 saturated carbocycles. The topological polar surface area (TPSA) is 60.5 Å². The number of pyridine rings is 1. The van der Waals surface area contributed by atoms with Gasteiger partial charge in [-0.1, -0.05) is 24.3 Å². The van der Waals surface area contributed by atoms with Crippen molar-refractivity contribution in [1.82, 2.24) is 10.3 Å². The van der Waals surface area contributed by atoms with Gasteiger partial charge in [-0.05, 0) is 55.7 Å². The van der Waals surface area contributed by atoms with Crippen molar-refractivity contribution in [3.63, 3.8) is 0 Å².